The molecule has 0 atom stereocenters. The molecule has 0 spiro atoms. The number of urea groups is 1. The van der Waals surface area contributed by atoms with Crippen molar-refractivity contribution in [1.82, 2.24) is 9.88 Å². The Bertz CT molecular complexity index is 1200. The first kappa shape index (κ1) is 26.3. The van der Waals surface area contributed by atoms with E-state index in [2.05, 4.69) is 19.8 Å². The highest BCUT2D eigenvalue weighted by atomic mass is 19.4. The van der Waals surface area contributed by atoms with Gasteiger partial charge in [-0.2, -0.15) is 18.4 Å². The van der Waals surface area contributed by atoms with Crippen LogP contribution < -0.4 is 10.2 Å². The summed E-state index contributed by atoms with van der Waals surface area (Å²) in [6.07, 6.45) is -4.95. The summed E-state index contributed by atoms with van der Waals surface area (Å²) < 4.78 is 50.3. The highest BCUT2D eigenvalue weighted by Crippen LogP contribution is 2.34. The van der Waals surface area contributed by atoms with E-state index in [0.29, 0.717) is 5.69 Å². The van der Waals surface area contributed by atoms with E-state index in [4.69, 9.17) is 0 Å². The van der Waals surface area contributed by atoms with Crippen molar-refractivity contribution in [1.29, 1.82) is 5.26 Å². The highest BCUT2D eigenvalue weighted by molar-refractivity contribution is 5.94. The zero-order chi connectivity index (χ0) is 26.5. The van der Waals surface area contributed by atoms with Gasteiger partial charge < -0.3 is 24.6 Å². The first-order valence-electron chi connectivity index (χ1n) is 10.8. The monoisotopic (exact) mass is 505 g/mol. The van der Waals surface area contributed by atoms with Crippen molar-refractivity contribution in [3.05, 3.63) is 52.7 Å². The third-order valence-electron chi connectivity index (χ3n) is 5.29. The Hall–Kier alpha value is -4.34. The molecule has 1 fully saturated rings. The molecule has 13 heteroatoms. The first-order valence-corrected chi connectivity index (χ1v) is 10.8. The van der Waals surface area contributed by atoms with E-state index in [1.54, 1.807) is 18.2 Å². The summed E-state index contributed by atoms with van der Waals surface area (Å²) in [5.74, 6) is -2.02. The van der Waals surface area contributed by atoms with E-state index in [1.165, 1.54) is 36.0 Å². The Morgan fingerprint density at radius 1 is 1.14 bits per heavy atom. The molecule has 1 aromatic heterocycles. The average molecular weight is 505 g/mol. The smallest absolute Gasteiger partial charge is 0.434 e. The van der Waals surface area contributed by atoms with Gasteiger partial charge in [-0.05, 0) is 31.2 Å². The average Bonchev–Trinajstić information content (AvgIpc) is 2.87. The van der Waals surface area contributed by atoms with Gasteiger partial charge >= 0.3 is 24.1 Å². The summed E-state index contributed by atoms with van der Waals surface area (Å²) in [4.78, 5) is 42.9. The molecule has 2 amide bonds. The van der Waals surface area contributed by atoms with Gasteiger partial charge in [0.15, 0.2) is 5.69 Å². The minimum atomic E-state index is -4.95. The van der Waals surface area contributed by atoms with Crippen molar-refractivity contribution in [3.8, 4) is 6.07 Å². The van der Waals surface area contributed by atoms with Crippen LogP contribution in [0.2, 0.25) is 0 Å². The molecular formula is C23H22F3N5O5. The number of anilines is 2. The number of esters is 2. The van der Waals surface area contributed by atoms with Gasteiger partial charge in [-0.25, -0.2) is 19.4 Å². The second-order valence-electron chi connectivity index (χ2n) is 7.56. The van der Waals surface area contributed by atoms with Gasteiger partial charge in [0.05, 0.1) is 30.4 Å². The normalized spacial score (nSPS) is 13.6. The van der Waals surface area contributed by atoms with Crippen LogP contribution in [-0.4, -0.2) is 67.7 Å². The van der Waals surface area contributed by atoms with E-state index < -0.39 is 35.4 Å². The number of nitrogens with one attached hydrogen (secondary N) is 1. The molecule has 1 saturated heterocycles. The fourth-order valence-corrected chi connectivity index (χ4v) is 3.57. The second kappa shape index (κ2) is 10.9. The molecule has 190 valence electrons. The number of carbonyl (C=O) groups excluding carboxylic acids is 3. The Morgan fingerprint density at radius 2 is 1.83 bits per heavy atom. The SMILES string of the molecule is CCOC(=O)c1cc(C#N)c(N2CCN(C(=O)Nc3cccc(C(=O)OC)c3)CC2)nc1C(F)(F)F. The lowest BCUT2D eigenvalue weighted by atomic mass is 10.1. The number of hydrogen-bond acceptors (Lipinski definition) is 8. The van der Waals surface area contributed by atoms with Crippen LogP contribution in [0.25, 0.3) is 0 Å². The number of rotatable bonds is 5. The molecule has 1 N–H and O–H groups in total. The molecule has 1 aliphatic heterocycles. The fourth-order valence-electron chi connectivity index (χ4n) is 3.57. The van der Waals surface area contributed by atoms with Gasteiger partial charge in [-0.15, -0.1) is 0 Å². The molecule has 0 radical (unpaired) electrons. The predicted octanol–water partition coefficient (Wildman–Crippen LogP) is 3.29. The number of hydrogen-bond donors (Lipinski definition) is 1. The van der Waals surface area contributed by atoms with Crippen molar-refractivity contribution >= 4 is 29.5 Å². The molecule has 2 heterocycles. The number of amides is 2. The summed E-state index contributed by atoms with van der Waals surface area (Å²) in [6.45, 7) is 1.73. The fraction of sp³-hybridized carbons (Fsp3) is 0.348. The van der Waals surface area contributed by atoms with Gasteiger partial charge in [-0.3, -0.25) is 0 Å². The Morgan fingerprint density at radius 3 is 2.42 bits per heavy atom. The molecule has 0 bridgehead atoms. The van der Waals surface area contributed by atoms with Gasteiger partial charge in [0, 0.05) is 31.9 Å². The molecule has 36 heavy (non-hydrogen) atoms. The lowest BCUT2D eigenvalue weighted by Crippen LogP contribution is -2.50. The first-order chi connectivity index (χ1) is 17.1. The van der Waals surface area contributed by atoms with Crippen LogP contribution >= 0.6 is 0 Å². The van der Waals surface area contributed by atoms with E-state index in [1.807, 2.05) is 0 Å². The van der Waals surface area contributed by atoms with Crippen molar-refractivity contribution in [2.24, 2.45) is 0 Å². The quantitative estimate of drug-likeness (QED) is 0.614. The van der Waals surface area contributed by atoms with Crippen LogP contribution in [0.3, 0.4) is 0 Å². The number of alkyl halides is 3. The molecule has 1 aliphatic rings. The predicted molar refractivity (Wildman–Crippen MR) is 120 cm³/mol. The number of nitrogens with zero attached hydrogens (tertiary/aromatic N) is 4. The van der Waals surface area contributed by atoms with Crippen molar-refractivity contribution in [2.45, 2.75) is 13.1 Å². The molecule has 1 aromatic carbocycles. The van der Waals surface area contributed by atoms with Gasteiger partial charge in [0.2, 0.25) is 0 Å². The van der Waals surface area contributed by atoms with Crippen molar-refractivity contribution in [3.63, 3.8) is 0 Å². The molecule has 10 nitrogen and oxygen atoms in total. The lowest BCUT2D eigenvalue weighted by Gasteiger charge is -2.36. The zero-order valence-corrected chi connectivity index (χ0v) is 19.4. The number of benzene rings is 1. The number of aromatic nitrogens is 1. The lowest BCUT2D eigenvalue weighted by molar-refractivity contribution is -0.141. The Kier molecular flexibility index (Phi) is 7.98. The summed E-state index contributed by atoms with van der Waals surface area (Å²) in [5, 5.41) is 12.2. The summed E-state index contributed by atoms with van der Waals surface area (Å²) in [7, 11) is 1.24. The van der Waals surface area contributed by atoms with Gasteiger partial charge in [0.25, 0.3) is 0 Å². The maximum Gasteiger partial charge on any atom is 0.434 e. The molecule has 0 unspecified atom stereocenters. The minimum absolute atomic E-state index is 0.0906. The molecule has 3 rings (SSSR count). The zero-order valence-electron chi connectivity index (χ0n) is 19.4. The highest BCUT2D eigenvalue weighted by Gasteiger charge is 2.40. The van der Waals surface area contributed by atoms with Crippen LogP contribution in [0.5, 0.6) is 0 Å². The molecular weight excluding hydrogens is 483 g/mol. The molecule has 2 aromatic rings. The number of halogens is 3. The Balaban J connectivity index is 1.76. The topological polar surface area (TPSA) is 125 Å². The summed E-state index contributed by atoms with van der Waals surface area (Å²) in [6, 6.07) is 8.29. The van der Waals surface area contributed by atoms with Crippen molar-refractivity contribution in [2.75, 3.05) is 50.1 Å². The number of nitriles is 1. The number of piperazine rings is 1. The second-order valence-corrected chi connectivity index (χ2v) is 7.56. The minimum Gasteiger partial charge on any atom is -0.465 e. The van der Waals surface area contributed by atoms with E-state index >= 15 is 0 Å². The summed E-state index contributed by atoms with van der Waals surface area (Å²) in [5.41, 5.74) is -1.88. The van der Waals surface area contributed by atoms with Gasteiger partial charge in [0.1, 0.15) is 11.9 Å². The number of methoxy groups -OCH3 is 1. The van der Waals surface area contributed by atoms with Crippen LogP contribution in [0.4, 0.5) is 29.5 Å². The standard InChI is InChI=1S/C23H22F3N5O5/c1-3-36-21(33)17-12-15(13-27)19(29-18(17)23(24,25)26)30-7-9-31(10-8-30)22(34)28-16-6-4-5-14(11-16)20(32)35-2/h4-6,11-12H,3,7-10H2,1-2H3,(H,28,34). The van der Waals surface area contributed by atoms with Crippen molar-refractivity contribution < 1.29 is 37.0 Å². The third kappa shape index (κ3) is 5.83. The van der Waals surface area contributed by atoms with Crippen LogP contribution in [0, 0.1) is 11.3 Å². The number of pyridine rings is 1. The maximum atomic E-state index is 13.6. The third-order valence-corrected chi connectivity index (χ3v) is 5.29. The number of carbonyl (C=O) groups is 3. The molecule has 0 aliphatic carbocycles. The Labute approximate surface area is 204 Å². The summed E-state index contributed by atoms with van der Waals surface area (Å²) >= 11 is 0. The van der Waals surface area contributed by atoms with Crippen LogP contribution in [0.15, 0.2) is 30.3 Å². The largest absolute Gasteiger partial charge is 0.465 e. The van der Waals surface area contributed by atoms with E-state index in [-0.39, 0.29) is 49.7 Å². The number of ether oxygens (including phenoxy) is 2. The van der Waals surface area contributed by atoms with Crippen LogP contribution in [-0.2, 0) is 15.7 Å². The maximum absolute atomic E-state index is 13.6. The molecule has 0 saturated carbocycles. The van der Waals surface area contributed by atoms with E-state index in [0.717, 1.165) is 6.07 Å². The van der Waals surface area contributed by atoms with Crippen LogP contribution in [0.1, 0.15) is 38.9 Å². The van der Waals surface area contributed by atoms with E-state index in [9.17, 15) is 32.8 Å². The van der Waals surface area contributed by atoms with Gasteiger partial charge in [-0.1, -0.05) is 6.07 Å².